The number of benzene rings is 2. The van der Waals surface area contributed by atoms with E-state index < -0.39 is 6.10 Å². The molecule has 0 bridgehead atoms. The van der Waals surface area contributed by atoms with Crippen molar-refractivity contribution in [1.82, 2.24) is 0 Å². The average Bonchev–Trinajstić information content (AvgIpc) is 2.55. The van der Waals surface area contributed by atoms with Crippen molar-refractivity contribution in [2.45, 2.75) is 19.4 Å². The summed E-state index contributed by atoms with van der Waals surface area (Å²) in [6, 6.07) is 16.9. The van der Waals surface area contributed by atoms with Gasteiger partial charge in [0.05, 0.1) is 0 Å². The fraction of sp³-hybridized carbons (Fsp3) is 0.150. The zero-order valence-electron chi connectivity index (χ0n) is 13.0. The van der Waals surface area contributed by atoms with Crippen LogP contribution in [0.3, 0.4) is 0 Å². The van der Waals surface area contributed by atoms with Crippen molar-refractivity contribution in [2.24, 2.45) is 0 Å². The molecule has 2 rings (SSSR count). The first-order valence-corrected chi connectivity index (χ1v) is 7.28. The van der Waals surface area contributed by atoms with Crippen molar-refractivity contribution in [3.05, 3.63) is 72.8 Å². The summed E-state index contributed by atoms with van der Waals surface area (Å²) in [6.45, 7) is 4.99. The van der Waals surface area contributed by atoms with Crippen LogP contribution in [0.25, 0.3) is 0 Å². The first kappa shape index (κ1) is 16.4. The van der Waals surface area contributed by atoms with Gasteiger partial charge >= 0.3 is 5.97 Å². The third-order valence-corrected chi connectivity index (χ3v) is 2.93. The third kappa shape index (κ3) is 5.37. The van der Waals surface area contributed by atoms with E-state index in [0.717, 1.165) is 11.3 Å². The van der Waals surface area contributed by atoms with Crippen molar-refractivity contribution in [1.29, 1.82) is 0 Å². The van der Waals surface area contributed by atoms with Gasteiger partial charge in [-0.15, -0.1) is 6.58 Å². The van der Waals surface area contributed by atoms with Gasteiger partial charge < -0.3 is 9.47 Å². The maximum Gasteiger partial charge on any atom is 0.304 e. The Morgan fingerprint density at radius 1 is 1.13 bits per heavy atom. The summed E-state index contributed by atoms with van der Waals surface area (Å²) in [6.07, 6.45) is 1.67. The van der Waals surface area contributed by atoms with Gasteiger partial charge in [-0.05, 0) is 24.3 Å². The zero-order valence-corrected chi connectivity index (χ0v) is 13.0. The summed E-state index contributed by atoms with van der Waals surface area (Å²) in [4.78, 5) is 11.2. The number of esters is 1. The minimum Gasteiger partial charge on any atom is -0.457 e. The molecule has 23 heavy (non-hydrogen) atoms. The number of carbonyl (C=O) groups is 1. The van der Waals surface area contributed by atoms with Crippen molar-refractivity contribution in [3.63, 3.8) is 0 Å². The smallest absolute Gasteiger partial charge is 0.304 e. The highest BCUT2D eigenvalue weighted by atomic mass is 16.5. The van der Waals surface area contributed by atoms with Gasteiger partial charge in [-0.2, -0.15) is 0 Å². The van der Waals surface area contributed by atoms with E-state index in [9.17, 15) is 4.79 Å². The first-order valence-electron chi connectivity index (χ1n) is 7.28. The van der Waals surface area contributed by atoms with Crippen LogP contribution < -0.4 is 4.74 Å². The van der Waals surface area contributed by atoms with E-state index in [1.165, 1.54) is 6.92 Å². The second-order valence-corrected chi connectivity index (χ2v) is 4.79. The SMILES string of the molecule is C=CCC#CC(OC(C)=O)c1ccc(Oc2ccccc2)cc1. The van der Waals surface area contributed by atoms with Gasteiger partial charge in [-0.25, -0.2) is 0 Å². The molecule has 0 aliphatic carbocycles. The molecule has 0 fully saturated rings. The van der Waals surface area contributed by atoms with Gasteiger partial charge in [0, 0.05) is 18.9 Å². The molecule has 1 unspecified atom stereocenters. The highest BCUT2D eigenvalue weighted by Crippen LogP contribution is 2.24. The normalized spacial score (nSPS) is 10.8. The Hall–Kier alpha value is -2.99. The highest BCUT2D eigenvalue weighted by Gasteiger charge is 2.11. The maximum absolute atomic E-state index is 11.2. The van der Waals surface area contributed by atoms with E-state index in [0.29, 0.717) is 12.2 Å². The average molecular weight is 306 g/mol. The molecule has 0 saturated heterocycles. The summed E-state index contributed by atoms with van der Waals surface area (Å²) in [7, 11) is 0. The zero-order chi connectivity index (χ0) is 16.5. The molecule has 0 amide bonds. The number of hydrogen-bond acceptors (Lipinski definition) is 3. The minimum absolute atomic E-state index is 0.368. The molecule has 1 atom stereocenters. The van der Waals surface area contributed by atoms with Gasteiger partial charge in [-0.1, -0.05) is 48.2 Å². The number of para-hydroxylation sites is 1. The van der Waals surface area contributed by atoms with Gasteiger partial charge in [0.1, 0.15) is 11.5 Å². The molecule has 3 heteroatoms. The Balaban J connectivity index is 2.13. The van der Waals surface area contributed by atoms with Gasteiger partial charge in [-0.3, -0.25) is 4.79 Å². The van der Waals surface area contributed by atoms with Crippen LogP contribution in [-0.4, -0.2) is 5.97 Å². The largest absolute Gasteiger partial charge is 0.457 e. The fourth-order valence-corrected chi connectivity index (χ4v) is 1.91. The number of allylic oxidation sites excluding steroid dienone is 1. The van der Waals surface area contributed by atoms with E-state index in [1.807, 2.05) is 54.6 Å². The summed E-state index contributed by atoms with van der Waals surface area (Å²) in [5.41, 5.74) is 0.803. The molecule has 0 saturated carbocycles. The fourth-order valence-electron chi connectivity index (χ4n) is 1.91. The molecule has 0 heterocycles. The number of ether oxygens (including phenoxy) is 2. The predicted octanol–water partition coefficient (Wildman–Crippen LogP) is 4.66. The molecule has 3 nitrogen and oxygen atoms in total. The minimum atomic E-state index is -0.585. The molecular formula is C20H18O3. The second-order valence-electron chi connectivity index (χ2n) is 4.79. The van der Waals surface area contributed by atoms with Crippen LogP contribution in [0.2, 0.25) is 0 Å². The van der Waals surface area contributed by atoms with Gasteiger partial charge in [0.2, 0.25) is 0 Å². The Morgan fingerprint density at radius 2 is 1.78 bits per heavy atom. The van der Waals surface area contributed by atoms with Crippen LogP contribution in [0, 0.1) is 11.8 Å². The quantitative estimate of drug-likeness (QED) is 0.458. The summed E-state index contributed by atoms with van der Waals surface area (Å²) in [5, 5.41) is 0. The Morgan fingerprint density at radius 3 is 2.39 bits per heavy atom. The van der Waals surface area contributed by atoms with Crippen molar-refractivity contribution in [3.8, 4) is 23.3 Å². The molecule has 0 N–H and O–H groups in total. The molecule has 0 aromatic heterocycles. The van der Waals surface area contributed by atoms with Crippen LogP contribution in [0.5, 0.6) is 11.5 Å². The van der Waals surface area contributed by atoms with Crippen LogP contribution in [0.15, 0.2) is 67.3 Å². The lowest BCUT2D eigenvalue weighted by atomic mass is 10.1. The Labute approximate surface area is 136 Å². The highest BCUT2D eigenvalue weighted by molar-refractivity contribution is 5.66. The predicted molar refractivity (Wildman–Crippen MR) is 90.1 cm³/mol. The monoisotopic (exact) mass is 306 g/mol. The molecule has 0 radical (unpaired) electrons. The molecule has 0 aliphatic heterocycles. The third-order valence-electron chi connectivity index (χ3n) is 2.93. The first-order chi connectivity index (χ1) is 11.2. The van der Waals surface area contributed by atoms with Crippen LogP contribution in [0.4, 0.5) is 0 Å². The van der Waals surface area contributed by atoms with E-state index in [-0.39, 0.29) is 5.97 Å². The maximum atomic E-state index is 11.2. The molecule has 116 valence electrons. The summed E-state index contributed by atoms with van der Waals surface area (Å²) < 4.78 is 11.0. The van der Waals surface area contributed by atoms with Crippen molar-refractivity contribution in [2.75, 3.05) is 0 Å². The lowest BCUT2D eigenvalue weighted by Crippen LogP contribution is -2.06. The topological polar surface area (TPSA) is 35.5 Å². The van der Waals surface area contributed by atoms with Crippen molar-refractivity contribution >= 4 is 5.97 Å². The van der Waals surface area contributed by atoms with Gasteiger partial charge in [0.15, 0.2) is 6.10 Å². The Bertz CT molecular complexity index is 706. The summed E-state index contributed by atoms with van der Waals surface area (Å²) in [5.74, 6) is 6.96. The number of rotatable bonds is 5. The standard InChI is InChI=1S/C20H18O3/c1-3-4-6-11-20(22-16(2)21)17-12-14-19(15-13-17)23-18-9-7-5-8-10-18/h3,5,7-10,12-15,20H,1,4H2,2H3. The number of hydrogen-bond donors (Lipinski definition) is 0. The van der Waals surface area contributed by atoms with Crippen molar-refractivity contribution < 1.29 is 14.3 Å². The summed E-state index contributed by atoms with van der Waals surface area (Å²) >= 11 is 0. The van der Waals surface area contributed by atoms with Gasteiger partial charge in [0.25, 0.3) is 0 Å². The van der Waals surface area contributed by atoms with Crippen LogP contribution in [-0.2, 0) is 9.53 Å². The molecular weight excluding hydrogens is 288 g/mol. The lowest BCUT2D eigenvalue weighted by molar-refractivity contribution is -0.144. The molecule has 0 aliphatic rings. The second kappa shape index (κ2) is 8.45. The Kier molecular flexibility index (Phi) is 6.02. The van der Waals surface area contributed by atoms with E-state index in [4.69, 9.17) is 9.47 Å². The molecule has 2 aromatic rings. The number of carbonyl (C=O) groups excluding carboxylic acids is 1. The van der Waals surface area contributed by atoms with E-state index >= 15 is 0 Å². The molecule has 2 aromatic carbocycles. The van der Waals surface area contributed by atoms with E-state index in [2.05, 4.69) is 18.4 Å². The van der Waals surface area contributed by atoms with Crippen LogP contribution in [0.1, 0.15) is 25.0 Å². The molecule has 0 spiro atoms. The van der Waals surface area contributed by atoms with Crippen LogP contribution >= 0.6 is 0 Å². The lowest BCUT2D eigenvalue weighted by Gasteiger charge is -2.12. The van der Waals surface area contributed by atoms with E-state index in [1.54, 1.807) is 6.08 Å².